The van der Waals surface area contributed by atoms with Crippen LogP contribution < -0.4 is 0 Å². The third-order valence-corrected chi connectivity index (χ3v) is 3.20. The summed E-state index contributed by atoms with van der Waals surface area (Å²) in [6, 6.07) is 0.381. The normalized spacial score (nSPS) is 12.5. The van der Waals surface area contributed by atoms with Gasteiger partial charge in [-0.3, -0.25) is 9.69 Å². The van der Waals surface area contributed by atoms with E-state index >= 15 is 0 Å². The van der Waals surface area contributed by atoms with Crippen LogP contribution in [0.15, 0.2) is 0 Å². The molecule has 0 aliphatic heterocycles. The van der Waals surface area contributed by atoms with E-state index in [-0.39, 0.29) is 0 Å². The fraction of sp³-hybridized carbons (Fsp3) is 0.917. The molecule has 0 aromatic heterocycles. The predicted octanol–water partition coefficient (Wildman–Crippen LogP) is 2.75. The van der Waals surface area contributed by atoms with Crippen LogP contribution in [0.1, 0.15) is 53.4 Å². The van der Waals surface area contributed by atoms with Crippen molar-refractivity contribution in [3.05, 3.63) is 0 Å². The van der Waals surface area contributed by atoms with Gasteiger partial charge in [-0.15, -0.1) is 0 Å². The van der Waals surface area contributed by atoms with Crippen LogP contribution in [0, 0.1) is 0 Å². The molecule has 0 atom stereocenters. The Morgan fingerprint density at radius 3 is 1.93 bits per heavy atom. The Morgan fingerprint density at radius 2 is 1.67 bits per heavy atom. The van der Waals surface area contributed by atoms with E-state index in [1.165, 1.54) is 0 Å². The summed E-state index contributed by atoms with van der Waals surface area (Å²) in [7, 11) is 1.92. The quantitative estimate of drug-likeness (QED) is 0.710. The fourth-order valence-electron chi connectivity index (χ4n) is 1.81. The van der Waals surface area contributed by atoms with Crippen molar-refractivity contribution in [2.24, 2.45) is 0 Å². The molecular formula is C12H25NO2. The Morgan fingerprint density at radius 1 is 1.27 bits per heavy atom. The zero-order valence-electron chi connectivity index (χ0n) is 10.7. The molecule has 0 rings (SSSR count). The molecule has 1 N–H and O–H groups in total. The molecule has 0 fully saturated rings. The highest BCUT2D eigenvalue weighted by Crippen LogP contribution is 2.21. The summed E-state index contributed by atoms with van der Waals surface area (Å²) in [5.41, 5.74) is -0.769. The Hall–Kier alpha value is -0.570. The van der Waals surface area contributed by atoms with E-state index in [0.717, 1.165) is 25.7 Å². The standard InChI is InChI=1S/C12H25NO2/c1-6-8-10(9-7-2)13(5)12(3,4)11(14)15/h10H,6-9H2,1-5H3,(H,14,15). The van der Waals surface area contributed by atoms with Gasteiger partial charge >= 0.3 is 5.97 Å². The van der Waals surface area contributed by atoms with Crippen LogP contribution in [0.4, 0.5) is 0 Å². The summed E-state index contributed by atoms with van der Waals surface area (Å²) in [4.78, 5) is 13.1. The first-order valence-corrected chi connectivity index (χ1v) is 5.84. The molecule has 0 heterocycles. The van der Waals surface area contributed by atoms with Gasteiger partial charge in [0.15, 0.2) is 0 Å². The molecule has 15 heavy (non-hydrogen) atoms. The van der Waals surface area contributed by atoms with Gasteiger partial charge in [0.1, 0.15) is 5.54 Å². The minimum atomic E-state index is -0.769. The first-order chi connectivity index (χ1) is 6.87. The van der Waals surface area contributed by atoms with Crippen molar-refractivity contribution in [2.45, 2.75) is 65.0 Å². The molecular weight excluding hydrogens is 190 g/mol. The van der Waals surface area contributed by atoms with Gasteiger partial charge in [-0.25, -0.2) is 0 Å². The average molecular weight is 215 g/mol. The average Bonchev–Trinajstić information content (AvgIpc) is 2.16. The molecule has 0 amide bonds. The lowest BCUT2D eigenvalue weighted by molar-refractivity contribution is -0.150. The van der Waals surface area contributed by atoms with Gasteiger partial charge in [-0.2, -0.15) is 0 Å². The van der Waals surface area contributed by atoms with Gasteiger partial charge in [0.05, 0.1) is 0 Å². The number of carboxylic acid groups (broad SMARTS) is 1. The molecule has 0 aliphatic carbocycles. The second-order valence-corrected chi connectivity index (χ2v) is 4.71. The third-order valence-electron chi connectivity index (χ3n) is 3.20. The van der Waals surface area contributed by atoms with Crippen molar-refractivity contribution in [1.82, 2.24) is 4.90 Å². The Labute approximate surface area is 93.5 Å². The lowest BCUT2D eigenvalue weighted by Gasteiger charge is -2.38. The maximum Gasteiger partial charge on any atom is 0.323 e. The van der Waals surface area contributed by atoms with Crippen LogP contribution in [0.3, 0.4) is 0 Å². The Balaban J connectivity index is 4.60. The van der Waals surface area contributed by atoms with Crippen LogP contribution in [0.25, 0.3) is 0 Å². The maximum absolute atomic E-state index is 11.1. The first-order valence-electron chi connectivity index (χ1n) is 5.84. The van der Waals surface area contributed by atoms with Crippen LogP contribution in [-0.2, 0) is 4.79 Å². The van der Waals surface area contributed by atoms with E-state index in [4.69, 9.17) is 5.11 Å². The number of nitrogens with zero attached hydrogens (tertiary/aromatic N) is 1. The van der Waals surface area contributed by atoms with E-state index in [1.54, 1.807) is 13.8 Å². The Bertz CT molecular complexity index is 196. The number of hydrogen-bond donors (Lipinski definition) is 1. The lowest BCUT2D eigenvalue weighted by atomic mass is 9.97. The summed E-state index contributed by atoms with van der Waals surface area (Å²) in [5.74, 6) is -0.748. The summed E-state index contributed by atoms with van der Waals surface area (Å²) in [5, 5.41) is 9.16. The number of likely N-dealkylation sites (N-methyl/N-ethyl adjacent to an activating group) is 1. The monoisotopic (exact) mass is 215 g/mol. The molecule has 0 aromatic rings. The number of hydrogen-bond acceptors (Lipinski definition) is 2. The lowest BCUT2D eigenvalue weighted by Crippen LogP contribution is -2.52. The van der Waals surface area contributed by atoms with E-state index in [1.807, 2.05) is 11.9 Å². The molecule has 0 unspecified atom stereocenters. The molecule has 90 valence electrons. The van der Waals surface area contributed by atoms with Crippen molar-refractivity contribution >= 4 is 5.97 Å². The molecule has 0 bridgehead atoms. The van der Waals surface area contributed by atoms with E-state index in [2.05, 4.69) is 13.8 Å². The molecule has 0 saturated carbocycles. The third kappa shape index (κ3) is 3.82. The summed E-state index contributed by atoms with van der Waals surface area (Å²) < 4.78 is 0. The van der Waals surface area contributed by atoms with Crippen LogP contribution in [-0.4, -0.2) is 34.6 Å². The minimum absolute atomic E-state index is 0.381. The van der Waals surface area contributed by atoms with Crippen LogP contribution in [0.2, 0.25) is 0 Å². The smallest absolute Gasteiger partial charge is 0.323 e. The van der Waals surface area contributed by atoms with Crippen LogP contribution in [0.5, 0.6) is 0 Å². The predicted molar refractivity (Wildman–Crippen MR) is 63.1 cm³/mol. The zero-order valence-corrected chi connectivity index (χ0v) is 10.7. The van der Waals surface area contributed by atoms with E-state index < -0.39 is 11.5 Å². The van der Waals surface area contributed by atoms with Crippen molar-refractivity contribution in [3.8, 4) is 0 Å². The van der Waals surface area contributed by atoms with Gasteiger partial charge in [-0.1, -0.05) is 26.7 Å². The molecule has 0 saturated heterocycles. The Kier molecular flexibility index (Phi) is 5.88. The maximum atomic E-state index is 11.1. The van der Waals surface area contributed by atoms with E-state index in [9.17, 15) is 4.79 Å². The van der Waals surface area contributed by atoms with Crippen molar-refractivity contribution in [2.75, 3.05) is 7.05 Å². The molecule has 3 nitrogen and oxygen atoms in total. The highest BCUT2D eigenvalue weighted by Gasteiger charge is 2.35. The van der Waals surface area contributed by atoms with Crippen molar-refractivity contribution in [3.63, 3.8) is 0 Å². The SMILES string of the molecule is CCCC(CCC)N(C)C(C)(C)C(=O)O. The van der Waals surface area contributed by atoms with Gasteiger partial charge in [-0.05, 0) is 33.7 Å². The summed E-state index contributed by atoms with van der Waals surface area (Å²) >= 11 is 0. The highest BCUT2D eigenvalue weighted by atomic mass is 16.4. The molecule has 3 heteroatoms. The zero-order chi connectivity index (χ0) is 12.1. The van der Waals surface area contributed by atoms with Crippen molar-refractivity contribution in [1.29, 1.82) is 0 Å². The van der Waals surface area contributed by atoms with Gasteiger partial charge in [0.2, 0.25) is 0 Å². The van der Waals surface area contributed by atoms with Gasteiger partial charge < -0.3 is 5.11 Å². The van der Waals surface area contributed by atoms with Gasteiger partial charge in [0.25, 0.3) is 0 Å². The minimum Gasteiger partial charge on any atom is -0.480 e. The highest BCUT2D eigenvalue weighted by molar-refractivity contribution is 5.77. The molecule has 0 aromatic carbocycles. The van der Waals surface area contributed by atoms with Gasteiger partial charge in [0, 0.05) is 6.04 Å². The van der Waals surface area contributed by atoms with Crippen molar-refractivity contribution < 1.29 is 9.90 Å². The fourth-order valence-corrected chi connectivity index (χ4v) is 1.81. The first kappa shape index (κ1) is 14.4. The molecule has 0 spiro atoms. The topological polar surface area (TPSA) is 40.5 Å². The summed E-state index contributed by atoms with van der Waals surface area (Å²) in [6.07, 6.45) is 4.34. The number of carbonyl (C=O) groups is 1. The second kappa shape index (κ2) is 6.11. The number of carboxylic acids is 1. The van der Waals surface area contributed by atoms with E-state index in [0.29, 0.717) is 6.04 Å². The molecule has 0 radical (unpaired) electrons. The number of aliphatic carboxylic acids is 1. The number of rotatable bonds is 7. The van der Waals surface area contributed by atoms with Crippen LogP contribution >= 0.6 is 0 Å². The largest absolute Gasteiger partial charge is 0.480 e. The second-order valence-electron chi connectivity index (χ2n) is 4.71. The summed E-state index contributed by atoms with van der Waals surface area (Å²) in [6.45, 7) is 7.83. The molecule has 0 aliphatic rings.